The first-order chi connectivity index (χ1) is 8.69. The molecule has 1 aromatic heterocycles. The minimum Gasteiger partial charge on any atom is -0.378 e. The molecule has 0 bridgehead atoms. The molecule has 0 fully saturated rings. The standard InChI is InChI=1S/C14H12ClN3/c1-10-2-4-12(17-8-10)9-18-14-5-3-11(7-16)6-13(14)15/h2-6,8,18H,9H2,1H3. The van der Waals surface area contributed by atoms with Crippen LogP contribution in [0.5, 0.6) is 0 Å². The van der Waals surface area contributed by atoms with Gasteiger partial charge in [0.05, 0.1) is 34.6 Å². The van der Waals surface area contributed by atoms with Crippen molar-refractivity contribution in [3.05, 3.63) is 58.4 Å². The number of anilines is 1. The average molecular weight is 258 g/mol. The van der Waals surface area contributed by atoms with Crippen LogP contribution in [0.3, 0.4) is 0 Å². The van der Waals surface area contributed by atoms with Gasteiger partial charge in [-0.2, -0.15) is 5.26 Å². The molecule has 0 saturated carbocycles. The van der Waals surface area contributed by atoms with Crippen LogP contribution in [-0.2, 0) is 6.54 Å². The summed E-state index contributed by atoms with van der Waals surface area (Å²) in [6.45, 7) is 2.60. The maximum atomic E-state index is 8.75. The topological polar surface area (TPSA) is 48.7 Å². The number of aryl methyl sites for hydroxylation is 1. The molecule has 18 heavy (non-hydrogen) atoms. The van der Waals surface area contributed by atoms with Gasteiger partial charge in [-0.15, -0.1) is 0 Å². The Morgan fingerprint density at radius 1 is 1.33 bits per heavy atom. The third-order valence-corrected chi connectivity index (χ3v) is 2.84. The van der Waals surface area contributed by atoms with Crippen molar-refractivity contribution in [3.8, 4) is 6.07 Å². The Bertz CT molecular complexity index is 585. The van der Waals surface area contributed by atoms with E-state index in [2.05, 4.69) is 16.4 Å². The van der Waals surface area contributed by atoms with Gasteiger partial charge in [0.2, 0.25) is 0 Å². The van der Waals surface area contributed by atoms with E-state index in [0.29, 0.717) is 17.1 Å². The second-order valence-electron chi connectivity index (χ2n) is 3.99. The highest BCUT2D eigenvalue weighted by Crippen LogP contribution is 2.23. The zero-order chi connectivity index (χ0) is 13.0. The fraction of sp³-hybridized carbons (Fsp3) is 0.143. The number of nitriles is 1. The van der Waals surface area contributed by atoms with Crippen molar-refractivity contribution in [1.82, 2.24) is 4.98 Å². The number of rotatable bonds is 3. The molecule has 2 aromatic rings. The smallest absolute Gasteiger partial charge is 0.0992 e. The van der Waals surface area contributed by atoms with E-state index in [9.17, 15) is 0 Å². The predicted octanol–water partition coefficient (Wildman–Crippen LogP) is 3.53. The minimum atomic E-state index is 0.543. The highest BCUT2D eigenvalue weighted by Gasteiger charge is 2.02. The molecule has 0 atom stereocenters. The molecule has 4 heteroatoms. The van der Waals surface area contributed by atoms with E-state index in [1.54, 1.807) is 18.2 Å². The number of benzene rings is 1. The van der Waals surface area contributed by atoms with Crippen molar-refractivity contribution in [2.45, 2.75) is 13.5 Å². The Hall–Kier alpha value is -2.05. The number of pyridine rings is 1. The number of nitrogens with zero attached hydrogens (tertiary/aromatic N) is 2. The number of nitrogens with one attached hydrogen (secondary N) is 1. The molecule has 0 aliphatic rings. The second-order valence-corrected chi connectivity index (χ2v) is 4.39. The lowest BCUT2D eigenvalue weighted by molar-refractivity contribution is 1.04. The van der Waals surface area contributed by atoms with Crippen LogP contribution in [-0.4, -0.2) is 4.98 Å². The molecular weight excluding hydrogens is 246 g/mol. The lowest BCUT2D eigenvalue weighted by Gasteiger charge is -2.08. The molecule has 0 aliphatic heterocycles. The van der Waals surface area contributed by atoms with Gasteiger partial charge in [-0.05, 0) is 36.8 Å². The Kier molecular flexibility index (Phi) is 3.81. The summed E-state index contributed by atoms with van der Waals surface area (Å²) in [6.07, 6.45) is 1.83. The summed E-state index contributed by atoms with van der Waals surface area (Å²) in [7, 11) is 0. The molecular formula is C14H12ClN3. The third-order valence-electron chi connectivity index (χ3n) is 2.53. The van der Waals surface area contributed by atoms with E-state index in [1.807, 2.05) is 25.3 Å². The van der Waals surface area contributed by atoms with Crippen LogP contribution in [0.2, 0.25) is 5.02 Å². The van der Waals surface area contributed by atoms with Gasteiger partial charge in [0, 0.05) is 6.20 Å². The van der Waals surface area contributed by atoms with Crippen molar-refractivity contribution < 1.29 is 0 Å². The molecule has 2 rings (SSSR count). The van der Waals surface area contributed by atoms with Gasteiger partial charge in [0.1, 0.15) is 0 Å². The van der Waals surface area contributed by atoms with Crippen LogP contribution in [0.25, 0.3) is 0 Å². The lowest BCUT2D eigenvalue weighted by Crippen LogP contribution is -2.02. The first kappa shape index (κ1) is 12.4. The Labute approximate surface area is 111 Å². The van der Waals surface area contributed by atoms with Crippen molar-refractivity contribution in [2.75, 3.05) is 5.32 Å². The van der Waals surface area contributed by atoms with E-state index < -0.39 is 0 Å². The third kappa shape index (κ3) is 2.99. The minimum absolute atomic E-state index is 0.543. The van der Waals surface area contributed by atoms with E-state index in [-0.39, 0.29) is 0 Å². The van der Waals surface area contributed by atoms with Gasteiger partial charge in [-0.1, -0.05) is 17.7 Å². The van der Waals surface area contributed by atoms with Gasteiger partial charge in [0.15, 0.2) is 0 Å². The quantitative estimate of drug-likeness (QED) is 0.915. The highest BCUT2D eigenvalue weighted by atomic mass is 35.5. The van der Waals surface area contributed by atoms with Gasteiger partial charge < -0.3 is 5.32 Å². The summed E-state index contributed by atoms with van der Waals surface area (Å²) >= 11 is 6.07. The summed E-state index contributed by atoms with van der Waals surface area (Å²) in [6, 6.07) is 11.2. The molecule has 0 radical (unpaired) electrons. The maximum absolute atomic E-state index is 8.75. The molecule has 0 saturated heterocycles. The number of halogens is 1. The van der Waals surface area contributed by atoms with Crippen LogP contribution < -0.4 is 5.32 Å². The zero-order valence-electron chi connectivity index (χ0n) is 9.94. The molecule has 90 valence electrons. The van der Waals surface area contributed by atoms with Crippen LogP contribution in [0.1, 0.15) is 16.8 Å². The lowest BCUT2D eigenvalue weighted by atomic mass is 10.2. The Morgan fingerprint density at radius 3 is 2.78 bits per heavy atom. The Morgan fingerprint density at radius 2 is 2.17 bits per heavy atom. The summed E-state index contributed by atoms with van der Waals surface area (Å²) < 4.78 is 0. The SMILES string of the molecule is Cc1ccc(CNc2ccc(C#N)cc2Cl)nc1. The van der Waals surface area contributed by atoms with Crippen LogP contribution >= 0.6 is 11.6 Å². The van der Waals surface area contributed by atoms with Crippen molar-refractivity contribution in [2.24, 2.45) is 0 Å². The summed E-state index contributed by atoms with van der Waals surface area (Å²) in [5.74, 6) is 0. The molecule has 0 aliphatic carbocycles. The molecule has 1 heterocycles. The molecule has 0 amide bonds. The summed E-state index contributed by atoms with van der Waals surface area (Å²) in [4.78, 5) is 4.30. The van der Waals surface area contributed by atoms with Crippen molar-refractivity contribution in [1.29, 1.82) is 5.26 Å². The van der Waals surface area contributed by atoms with Crippen LogP contribution in [0.15, 0.2) is 36.5 Å². The average Bonchev–Trinajstić information content (AvgIpc) is 2.39. The predicted molar refractivity (Wildman–Crippen MR) is 72.5 cm³/mol. The summed E-state index contributed by atoms with van der Waals surface area (Å²) in [5.41, 5.74) is 3.44. The first-order valence-corrected chi connectivity index (χ1v) is 5.92. The molecule has 0 spiro atoms. The van der Waals surface area contributed by atoms with Gasteiger partial charge in [0.25, 0.3) is 0 Å². The number of hydrogen-bond donors (Lipinski definition) is 1. The second kappa shape index (κ2) is 5.52. The van der Waals surface area contributed by atoms with Crippen LogP contribution in [0.4, 0.5) is 5.69 Å². The van der Waals surface area contributed by atoms with E-state index in [0.717, 1.165) is 16.9 Å². The highest BCUT2D eigenvalue weighted by molar-refractivity contribution is 6.33. The van der Waals surface area contributed by atoms with Crippen molar-refractivity contribution >= 4 is 17.3 Å². The normalized spacial score (nSPS) is 9.83. The largest absolute Gasteiger partial charge is 0.378 e. The first-order valence-electron chi connectivity index (χ1n) is 5.54. The Balaban J connectivity index is 2.06. The van der Waals surface area contributed by atoms with Gasteiger partial charge in [-0.3, -0.25) is 4.98 Å². The van der Waals surface area contributed by atoms with Gasteiger partial charge in [-0.25, -0.2) is 0 Å². The summed E-state index contributed by atoms with van der Waals surface area (Å²) in [5, 5.41) is 12.5. The van der Waals surface area contributed by atoms with Crippen LogP contribution in [0, 0.1) is 18.3 Å². The molecule has 0 unspecified atom stereocenters. The van der Waals surface area contributed by atoms with E-state index in [4.69, 9.17) is 16.9 Å². The van der Waals surface area contributed by atoms with Gasteiger partial charge >= 0.3 is 0 Å². The fourth-order valence-corrected chi connectivity index (χ4v) is 1.76. The number of aromatic nitrogens is 1. The maximum Gasteiger partial charge on any atom is 0.0992 e. The van der Waals surface area contributed by atoms with E-state index >= 15 is 0 Å². The zero-order valence-corrected chi connectivity index (χ0v) is 10.7. The monoisotopic (exact) mass is 257 g/mol. The van der Waals surface area contributed by atoms with E-state index in [1.165, 1.54) is 0 Å². The molecule has 1 aromatic carbocycles. The fourth-order valence-electron chi connectivity index (χ4n) is 1.52. The molecule has 1 N–H and O–H groups in total. The number of hydrogen-bond acceptors (Lipinski definition) is 3. The van der Waals surface area contributed by atoms with Crippen molar-refractivity contribution in [3.63, 3.8) is 0 Å². The molecule has 3 nitrogen and oxygen atoms in total.